The van der Waals surface area contributed by atoms with E-state index in [9.17, 15) is 4.79 Å². The summed E-state index contributed by atoms with van der Waals surface area (Å²) in [4.78, 5) is 11.9. The van der Waals surface area contributed by atoms with Gasteiger partial charge in [0.2, 0.25) is 0 Å². The van der Waals surface area contributed by atoms with Crippen LogP contribution in [0.3, 0.4) is 0 Å². The molecule has 0 atom stereocenters. The number of halogens is 1. The summed E-state index contributed by atoms with van der Waals surface area (Å²) in [5.74, 6) is -0.470. The molecule has 0 amide bonds. The third-order valence-corrected chi connectivity index (χ3v) is 2.88. The normalized spacial score (nSPS) is 9.95. The van der Waals surface area contributed by atoms with E-state index in [1.54, 1.807) is 48.1 Å². The van der Waals surface area contributed by atoms with Crippen LogP contribution < -0.4 is 0 Å². The monoisotopic (exact) mass is 274 g/mol. The molecule has 4 nitrogen and oxygen atoms in total. The van der Waals surface area contributed by atoms with Gasteiger partial charge in [-0.3, -0.25) is 0 Å². The molecule has 1 heterocycles. The van der Waals surface area contributed by atoms with E-state index in [0.29, 0.717) is 21.8 Å². The minimum atomic E-state index is -0.470. The third-order valence-electron chi connectivity index (χ3n) is 2.68. The molecule has 0 aliphatic carbocycles. The molecule has 0 aliphatic heterocycles. The Hall–Kier alpha value is -2.25. The van der Waals surface area contributed by atoms with Crippen molar-refractivity contribution in [2.45, 2.75) is 6.61 Å². The summed E-state index contributed by atoms with van der Waals surface area (Å²) in [7, 11) is 1.71. The number of nitrogens with zero attached hydrogens (tertiary/aromatic N) is 2. The largest absolute Gasteiger partial charge is 0.456 e. The molecule has 0 saturated heterocycles. The van der Waals surface area contributed by atoms with Gasteiger partial charge >= 0.3 is 5.97 Å². The van der Waals surface area contributed by atoms with E-state index in [4.69, 9.17) is 21.6 Å². The molecule has 1 aromatic carbocycles. The Balaban J connectivity index is 2.09. The molecule has 0 unspecified atom stereocenters. The summed E-state index contributed by atoms with van der Waals surface area (Å²) >= 11 is 5.80. The lowest BCUT2D eigenvalue weighted by Crippen LogP contribution is -2.10. The zero-order chi connectivity index (χ0) is 13.8. The lowest BCUT2D eigenvalue weighted by molar-refractivity contribution is 0.0461. The Labute approximate surface area is 115 Å². The van der Waals surface area contributed by atoms with Crippen LogP contribution in [-0.2, 0) is 18.4 Å². The van der Waals surface area contributed by atoms with Crippen molar-refractivity contribution in [3.63, 3.8) is 0 Å². The van der Waals surface area contributed by atoms with Gasteiger partial charge in [0.15, 0.2) is 0 Å². The van der Waals surface area contributed by atoms with Gasteiger partial charge in [-0.15, -0.1) is 0 Å². The number of ether oxygens (including phenoxy) is 1. The average Bonchev–Trinajstić information content (AvgIpc) is 2.75. The summed E-state index contributed by atoms with van der Waals surface area (Å²) in [6.45, 7) is 0.0609. The van der Waals surface area contributed by atoms with Crippen LogP contribution in [0, 0.1) is 11.3 Å². The molecule has 2 aromatic rings. The first-order valence-electron chi connectivity index (χ1n) is 5.59. The second kappa shape index (κ2) is 5.59. The summed E-state index contributed by atoms with van der Waals surface area (Å²) in [5, 5.41) is 9.41. The van der Waals surface area contributed by atoms with Gasteiger partial charge in [-0.05, 0) is 12.1 Å². The lowest BCUT2D eigenvalue weighted by Gasteiger charge is -2.06. The minimum Gasteiger partial charge on any atom is -0.456 e. The number of esters is 1. The Bertz CT molecular complexity index is 656. The van der Waals surface area contributed by atoms with Crippen molar-refractivity contribution < 1.29 is 9.53 Å². The Morgan fingerprint density at radius 2 is 2.21 bits per heavy atom. The van der Waals surface area contributed by atoms with Crippen molar-refractivity contribution in [1.29, 1.82) is 5.26 Å². The first kappa shape index (κ1) is 13.2. The molecule has 19 heavy (non-hydrogen) atoms. The van der Waals surface area contributed by atoms with Gasteiger partial charge in [0.1, 0.15) is 12.3 Å². The van der Waals surface area contributed by atoms with Gasteiger partial charge in [-0.1, -0.05) is 29.8 Å². The highest BCUT2D eigenvalue weighted by Gasteiger charge is 2.13. The van der Waals surface area contributed by atoms with Crippen LogP contribution in [0.2, 0.25) is 5.02 Å². The maximum atomic E-state index is 11.9. The maximum Gasteiger partial charge on any atom is 0.355 e. The molecule has 0 fully saturated rings. The molecule has 0 bridgehead atoms. The zero-order valence-corrected chi connectivity index (χ0v) is 11.0. The number of carbonyl (C=O) groups excluding carboxylic acids is 1. The molecule has 0 spiro atoms. The first-order valence-corrected chi connectivity index (χ1v) is 5.96. The standard InChI is InChI=1S/C14H11ClN2O2/c1-17-8-12(15)6-13(17)14(18)19-9-11-5-3-2-4-10(11)7-16/h2-6,8H,9H2,1H3. The number of hydrogen-bond acceptors (Lipinski definition) is 3. The van der Waals surface area contributed by atoms with Crippen molar-refractivity contribution in [1.82, 2.24) is 4.57 Å². The number of nitriles is 1. The third kappa shape index (κ3) is 2.95. The van der Waals surface area contributed by atoms with Crippen molar-refractivity contribution in [2.24, 2.45) is 7.05 Å². The van der Waals surface area contributed by atoms with E-state index in [-0.39, 0.29) is 6.61 Å². The molecule has 1 aromatic heterocycles. The van der Waals surface area contributed by atoms with Crippen molar-refractivity contribution in [3.8, 4) is 6.07 Å². The fourth-order valence-corrected chi connectivity index (χ4v) is 1.95. The van der Waals surface area contributed by atoms with Crippen molar-refractivity contribution >= 4 is 17.6 Å². The number of hydrogen-bond donors (Lipinski definition) is 0. The number of aromatic nitrogens is 1. The topological polar surface area (TPSA) is 55.0 Å². The number of benzene rings is 1. The number of carbonyl (C=O) groups is 1. The molecular weight excluding hydrogens is 264 g/mol. The molecule has 0 N–H and O–H groups in total. The highest BCUT2D eigenvalue weighted by atomic mass is 35.5. The molecule has 0 radical (unpaired) electrons. The fourth-order valence-electron chi connectivity index (χ4n) is 1.70. The maximum absolute atomic E-state index is 11.9. The van der Waals surface area contributed by atoms with Crippen molar-refractivity contribution in [2.75, 3.05) is 0 Å². The van der Waals surface area contributed by atoms with Gasteiger partial charge in [-0.25, -0.2) is 4.79 Å². The Morgan fingerprint density at radius 3 is 2.84 bits per heavy atom. The van der Waals surface area contributed by atoms with E-state index >= 15 is 0 Å². The molecule has 0 aliphatic rings. The predicted octanol–water partition coefficient (Wildman–Crippen LogP) is 2.91. The van der Waals surface area contributed by atoms with E-state index in [0.717, 1.165) is 0 Å². The molecule has 2 rings (SSSR count). The summed E-state index contributed by atoms with van der Waals surface area (Å²) in [6, 6.07) is 10.6. The Kier molecular flexibility index (Phi) is 3.88. The minimum absolute atomic E-state index is 0.0609. The summed E-state index contributed by atoms with van der Waals surface area (Å²) in [6.07, 6.45) is 1.63. The van der Waals surface area contributed by atoms with Gasteiger partial charge < -0.3 is 9.30 Å². The smallest absolute Gasteiger partial charge is 0.355 e. The molecular formula is C14H11ClN2O2. The zero-order valence-electron chi connectivity index (χ0n) is 10.3. The number of rotatable bonds is 3. The summed E-state index contributed by atoms with van der Waals surface area (Å²) in [5.41, 5.74) is 1.55. The number of aryl methyl sites for hydroxylation is 1. The second-order valence-electron chi connectivity index (χ2n) is 4.00. The SMILES string of the molecule is Cn1cc(Cl)cc1C(=O)OCc1ccccc1C#N. The van der Waals surface area contributed by atoms with Gasteiger partial charge in [-0.2, -0.15) is 5.26 Å². The highest BCUT2D eigenvalue weighted by molar-refractivity contribution is 6.30. The van der Waals surface area contributed by atoms with Gasteiger partial charge in [0.05, 0.1) is 16.7 Å². The quantitative estimate of drug-likeness (QED) is 0.809. The van der Waals surface area contributed by atoms with E-state index in [2.05, 4.69) is 6.07 Å². The van der Waals surface area contributed by atoms with Crippen LogP contribution in [0.5, 0.6) is 0 Å². The summed E-state index contributed by atoms with van der Waals surface area (Å²) < 4.78 is 6.78. The van der Waals surface area contributed by atoms with Crippen LogP contribution in [0.25, 0.3) is 0 Å². The first-order chi connectivity index (χ1) is 9.11. The van der Waals surface area contributed by atoms with Crippen LogP contribution >= 0.6 is 11.6 Å². The molecule has 96 valence electrons. The average molecular weight is 275 g/mol. The Morgan fingerprint density at radius 1 is 1.47 bits per heavy atom. The second-order valence-corrected chi connectivity index (χ2v) is 4.44. The molecule has 5 heteroatoms. The predicted molar refractivity (Wildman–Crippen MR) is 70.7 cm³/mol. The van der Waals surface area contributed by atoms with Crippen LogP contribution in [0.4, 0.5) is 0 Å². The van der Waals surface area contributed by atoms with Crippen LogP contribution in [0.1, 0.15) is 21.6 Å². The molecule has 0 saturated carbocycles. The van der Waals surface area contributed by atoms with E-state index in [1.807, 2.05) is 0 Å². The van der Waals surface area contributed by atoms with E-state index < -0.39 is 5.97 Å². The van der Waals surface area contributed by atoms with Crippen LogP contribution in [-0.4, -0.2) is 10.5 Å². The fraction of sp³-hybridized carbons (Fsp3) is 0.143. The van der Waals surface area contributed by atoms with Crippen LogP contribution in [0.15, 0.2) is 36.5 Å². The van der Waals surface area contributed by atoms with Gasteiger partial charge in [0, 0.05) is 18.8 Å². The van der Waals surface area contributed by atoms with Crippen molar-refractivity contribution in [3.05, 3.63) is 58.4 Å². The highest BCUT2D eigenvalue weighted by Crippen LogP contribution is 2.15. The van der Waals surface area contributed by atoms with E-state index in [1.165, 1.54) is 0 Å². The lowest BCUT2D eigenvalue weighted by atomic mass is 10.1. The van der Waals surface area contributed by atoms with Gasteiger partial charge in [0.25, 0.3) is 0 Å².